The molecule has 0 aliphatic rings. The minimum Gasteiger partial charge on any atom is -0.280 e. The van der Waals surface area contributed by atoms with E-state index in [9.17, 15) is 8.42 Å². The van der Waals surface area contributed by atoms with Crippen LogP contribution >= 0.6 is 0 Å². The third kappa shape index (κ3) is 3.99. The molecule has 0 spiro atoms. The zero-order valence-corrected chi connectivity index (χ0v) is 13.3. The summed E-state index contributed by atoms with van der Waals surface area (Å²) in [6.45, 7) is 0. The van der Waals surface area contributed by atoms with Crippen molar-refractivity contribution in [3.63, 3.8) is 0 Å². The summed E-state index contributed by atoms with van der Waals surface area (Å²) in [4.78, 5) is 0.258. The Balaban J connectivity index is 1.73. The fourth-order valence-electron chi connectivity index (χ4n) is 2.34. The Bertz CT molecular complexity index is 858. The third-order valence-electron chi connectivity index (χ3n) is 3.51. The first kappa shape index (κ1) is 15.3. The fraction of sp³-hybridized carbons (Fsp3) is 0.0526. The summed E-state index contributed by atoms with van der Waals surface area (Å²) in [6.07, 6.45) is 0.826. The molecular formula is C19H17NO2S. The van der Waals surface area contributed by atoms with Gasteiger partial charge in [-0.1, -0.05) is 60.7 Å². The average Bonchev–Trinajstić information content (AvgIpc) is 2.58. The van der Waals surface area contributed by atoms with E-state index in [-0.39, 0.29) is 4.90 Å². The lowest BCUT2D eigenvalue weighted by molar-refractivity contribution is 0.601. The Hall–Kier alpha value is -2.59. The van der Waals surface area contributed by atoms with Gasteiger partial charge in [0, 0.05) is 5.69 Å². The van der Waals surface area contributed by atoms with Crippen LogP contribution in [0.5, 0.6) is 0 Å². The van der Waals surface area contributed by atoms with Crippen LogP contribution < -0.4 is 4.72 Å². The molecule has 0 aromatic heterocycles. The predicted octanol–water partition coefficient (Wildman–Crippen LogP) is 4.08. The molecule has 0 saturated carbocycles. The van der Waals surface area contributed by atoms with Crippen molar-refractivity contribution in [1.29, 1.82) is 0 Å². The first-order valence-corrected chi connectivity index (χ1v) is 8.82. The minimum absolute atomic E-state index is 0.258. The quantitative estimate of drug-likeness (QED) is 0.769. The van der Waals surface area contributed by atoms with Crippen LogP contribution in [-0.4, -0.2) is 8.42 Å². The van der Waals surface area contributed by atoms with E-state index in [1.807, 2.05) is 30.3 Å². The number of benzene rings is 3. The van der Waals surface area contributed by atoms with E-state index in [4.69, 9.17) is 0 Å². The van der Waals surface area contributed by atoms with Gasteiger partial charge >= 0.3 is 0 Å². The van der Waals surface area contributed by atoms with Crippen LogP contribution in [0.1, 0.15) is 11.1 Å². The van der Waals surface area contributed by atoms with Gasteiger partial charge in [0.05, 0.1) is 4.90 Å². The Morgan fingerprint density at radius 1 is 0.652 bits per heavy atom. The van der Waals surface area contributed by atoms with Crippen molar-refractivity contribution in [1.82, 2.24) is 0 Å². The lowest BCUT2D eigenvalue weighted by Gasteiger charge is -2.09. The van der Waals surface area contributed by atoms with E-state index in [1.54, 1.807) is 42.5 Å². The Morgan fingerprint density at radius 3 is 1.78 bits per heavy atom. The molecule has 3 nitrogen and oxygen atoms in total. The summed E-state index contributed by atoms with van der Waals surface area (Å²) in [5.74, 6) is 0. The molecule has 0 heterocycles. The highest BCUT2D eigenvalue weighted by Gasteiger charge is 2.13. The number of hydrogen-bond acceptors (Lipinski definition) is 2. The average molecular weight is 323 g/mol. The molecule has 0 saturated heterocycles. The Labute approximate surface area is 136 Å². The maximum Gasteiger partial charge on any atom is 0.261 e. The van der Waals surface area contributed by atoms with Gasteiger partial charge in [-0.3, -0.25) is 4.72 Å². The van der Waals surface area contributed by atoms with Gasteiger partial charge in [0.2, 0.25) is 0 Å². The Morgan fingerprint density at radius 2 is 1.17 bits per heavy atom. The maximum atomic E-state index is 12.3. The van der Waals surface area contributed by atoms with Crippen LogP contribution in [0.15, 0.2) is 89.8 Å². The largest absolute Gasteiger partial charge is 0.280 e. The van der Waals surface area contributed by atoms with E-state index < -0.39 is 10.0 Å². The predicted molar refractivity (Wildman–Crippen MR) is 92.9 cm³/mol. The molecular weight excluding hydrogens is 306 g/mol. The van der Waals surface area contributed by atoms with Gasteiger partial charge < -0.3 is 0 Å². The monoisotopic (exact) mass is 323 g/mol. The van der Waals surface area contributed by atoms with Crippen LogP contribution in [-0.2, 0) is 16.4 Å². The van der Waals surface area contributed by atoms with Crippen LogP contribution in [0.3, 0.4) is 0 Å². The molecule has 0 radical (unpaired) electrons. The van der Waals surface area contributed by atoms with Crippen molar-refractivity contribution in [2.45, 2.75) is 11.3 Å². The summed E-state index contributed by atoms with van der Waals surface area (Å²) in [6, 6.07) is 26.0. The minimum atomic E-state index is -3.54. The lowest BCUT2D eigenvalue weighted by atomic mass is 10.1. The van der Waals surface area contributed by atoms with E-state index in [1.165, 1.54) is 5.56 Å². The highest BCUT2D eigenvalue weighted by Crippen LogP contribution is 2.17. The van der Waals surface area contributed by atoms with Crippen molar-refractivity contribution in [2.24, 2.45) is 0 Å². The maximum absolute atomic E-state index is 12.3. The topological polar surface area (TPSA) is 46.2 Å². The van der Waals surface area contributed by atoms with E-state index in [0.717, 1.165) is 12.0 Å². The number of nitrogens with one attached hydrogen (secondary N) is 1. The fourth-order valence-corrected chi connectivity index (χ4v) is 3.42. The summed E-state index contributed by atoms with van der Waals surface area (Å²) in [7, 11) is -3.54. The van der Waals surface area contributed by atoms with Crippen LogP contribution in [0.2, 0.25) is 0 Å². The van der Waals surface area contributed by atoms with Gasteiger partial charge in [-0.05, 0) is 41.8 Å². The molecule has 0 bridgehead atoms. The molecule has 4 heteroatoms. The van der Waals surface area contributed by atoms with Crippen molar-refractivity contribution < 1.29 is 8.42 Å². The van der Waals surface area contributed by atoms with Crippen molar-refractivity contribution in [2.75, 3.05) is 4.72 Å². The summed E-state index contributed by atoms with van der Waals surface area (Å²) in [5, 5.41) is 0. The van der Waals surface area contributed by atoms with Crippen molar-refractivity contribution in [3.8, 4) is 0 Å². The van der Waals surface area contributed by atoms with Gasteiger partial charge in [0.15, 0.2) is 0 Å². The van der Waals surface area contributed by atoms with Gasteiger partial charge in [-0.25, -0.2) is 8.42 Å². The molecule has 3 aromatic carbocycles. The SMILES string of the molecule is O=S(=O)(Nc1ccc(Cc2ccccc2)cc1)c1ccccc1. The number of hydrogen-bond donors (Lipinski definition) is 1. The highest BCUT2D eigenvalue weighted by molar-refractivity contribution is 7.92. The number of sulfonamides is 1. The molecule has 3 rings (SSSR count). The number of anilines is 1. The molecule has 0 aliphatic heterocycles. The summed E-state index contributed by atoms with van der Waals surface area (Å²) in [5.41, 5.74) is 2.93. The van der Waals surface area contributed by atoms with E-state index >= 15 is 0 Å². The van der Waals surface area contributed by atoms with Crippen LogP contribution in [0, 0.1) is 0 Å². The third-order valence-corrected chi connectivity index (χ3v) is 4.91. The van der Waals surface area contributed by atoms with E-state index in [0.29, 0.717) is 5.69 Å². The first-order chi connectivity index (χ1) is 11.1. The molecule has 0 aliphatic carbocycles. The smallest absolute Gasteiger partial charge is 0.261 e. The van der Waals surface area contributed by atoms with E-state index in [2.05, 4.69) is 16.9 Å². The highest BCUT2D eigenvalue weighted by atomic mass is 32.2. The van der Waals surface area contributed by atoms with Gasteiger partial charge in [-0.2, -0.15) is 0 Å². The molecule has 23 heavy (non-hydrogen) atoms. The summed E-state index contributed by atoms with van der Waals surface area (Å²) >= 11 is 0. The zero-order valence-electron chi connectivity index (χ0n) is 12.5. The molecule has 0 atom stereocenters. The standard InChI is InChI=1S/C19H17NO2S/c21-23(22,19-9-5-2-6-10-19)20-18-13-11-17(12-14-18)15-16-7-3-1-4-8-16/h1-14,20H,15H2. The normalized spacial score (nSPS) is 11.1. The molecule has 0 unspecified atom stereocenters. The second kappa shape index (κ2) is 6.67. The van der Waals surface area contributed by atoms with Crippen LogP contribution in [0.25, 0.3) is 0 Å². The van der Waals surface area contributed by atoms with Gasteiger partial charge in [0.25, 0.3) is 10.0 Å². The zero-order chi connectivity index (χ0) is 16.1. The van der Waals surface area contributed by atoms with Crippen molar-refractivity contribution in [3.05, 3.63) is 96.1 Å². The van der Waals surface area contributed by atoms with Gasteiger partial charge in [0.1, 0.15) is 0 Å². The Kier molecular flexibility index (Phi) is 4.44. The second-order valence-corrected chi connectivity index (χ2v) is 6.96. The second-order valence-electron chi connectivity index (χ2n) is 5.28. The van der Waals surface area contributed by atoms with Gasteiger partial charge in [-0.15, -0.1) is 0 Å². The first-order valence-electron chi connectivity index (χ1n) is 7.34. The number of rotatable bonds is 5. The van der Waals surface area contributed by atoms with Crippen LogP contribution in [0.4, 0.5) is 5.69 Å². The summed E-state index contributed by atoms with van der Waals surface area (Å²) < 4.78 is 27.1. The molecule has 0 amide bonds. The molecule has 1 N–H and O–H groups in total. The molecule has 3 aromatic rings. The van der Waals surface area contributed by atoms with Crippen molar-refractivity contribution >= 4 is 15.7 Å². The molecule has 116 valence electrons. The lowest BCUT2D eigenvalue weighted by Crippen LogP contribution is -2.12. The molecule has 0 fully saturated rings.